The number of halogens is 1. The molecule has 0 spiro atoms. The summed E-state index contributed by atoms with van der Waals surface area (Å²) in [5.74, 6) is -0.145. The molecule has 0 aliphatic carbocycles. The summed E-state index contributed by atoms with van der Waals surface area (Å²) in [4.78, 5) is 27.4. The smallest absolute Gasteiger partial charge is 0.242 e. The van der Waals surface area contributed by atoms with Gasteiger partial charge in [-0.1, -0.05) is 18.2 Å². The molecular weight excluding hydrogens is 385 g/mol. The van der Waals surface area contributed by atoms with Crippen LogP contribution >= 0.6 is 0 Å². The molecule has 0 fully saturated rings. The monoisotopic (exact) mass is 411 g/mol. The Hall–Kier alpha value is -3.35. The maximum atomic E-state index is 12.9. The Bertz CT molecular complexity index is 985. The number of nitrogens with one attached hydrogen (secondary N) is 3. The summed E-state index contributed by atoms with van der Waals surface area (Å²) < 4.78 is 18.4. The number of aromatic amines is 1. The Balaban J connectivity index is 1.45. The van der Waals surface area contributed by atoms with E-state index in [4.69, 9.17) is 4.74 Å². The highest BCUT2D eigenvalue weighted by Crippen LogP contribution is 2.19. The number of amides is 2. The zero-order chi connectivity index (χ0) is 21.3. The average molecular weight is 411 g/mol. The topological polar surface area (TPSA) is 83.2 Å². The number of benzene rings is 2. The van der Waals surface area contributed by atoms with Crippen molar-refractivity contribution in [1.29, 1.82) is 0 Å². The number of unbranched alkanes of at least 4 members (excludes halogenated alkanes) is 1. The van der Waals surface area contributed by atoms with Gasteiger partial charge in [-0.05, 0) is 48.7 Å². The van der Waals surface area contributed by atoms with Gasteiger partial charge in [0.2, 0.25) is 11.8 Å². The lowest BCUT2D eigenvalue weighted by Crippen LogP contribution is -2.47. The average Bonchev–Trinajstić information content (AvgIpc) is 3.14. The van der Waals surface area contributed by atoms with Gasteiger partial charge in [0, 0.05) is 37.0 Å². The summed E-state index contributed by atoms with van der Waals surface area (Å²) in [7, 11) is 0. The van der Waals surface area contributed by atoms with Crippen LogP contribution in [-0.2, 0) is 16.0 Å². The molecule has 3 rings (SSSR count). The van der Waals surface area contributed by atoms with Crippen molar-refractivity contribution < 1.29 is 18.7 Å². The lowest BCUT2D eigenvalue weighted by atomic mass is 10.0. The first kappa shape index (κ1) is 21.4. The van der Waals surface area contributed by atoms with Crippen molar-refractivity contribution in [2.45, 2.75) is 32.2 Å². The van der Waals surface area contributed by atoms with Gasteiger partial charge in [0.15, 0.2) is 0 Å². The molecule has 0 saturated carbocycles. The van der Waals surface area contributed by atoms with Crippen LogP contribution in [0.15, 0.2) is 54.7 Å². The fourth-order valence-corrected chi connectivity index (χ4v) is 3.26. The second kappa shape index (κ2) is 10.4. The molecule has 7 heteroatoms. The van der Waals surface area contributed by atoms with Crippen LogP contribution in [0.3, 0.4) is 0 Å². The van der Waals surface area contributed by atoms with E-state index in [1.165, 1.54) is 19.1 Å². The van der Waals surface area contributed by atoms with Crippen LogP contribution in [0.4, 0.5) is 4.39 Å². The van der Waals surface area contributed by atoms with Crippen molar-refractivity contribution in [2.24, 2.45) is 0 Å². The van der Waals surface area contributed by atoms with Crippen LogP contribution in [0.2, 0.25) is 0 Å². The largest absolute Gasteiger partial charge is 0.494 e. The standard InChI is InChI=1S/C23H26FN3O3/c1-16(28)27-22(14-17-15-26-21-7-3-2-6-20(17)21)23(29)25-12-4-5-13-30-19-10-8-18(24)9-11-19/h2-3,6-11,15,22,26H,4-5,12-14H2,1H3,(H,25,29)(H,27,28). The predicted octanol–water partition coefficient (Wildman–Crippen LogP) is 3.33. The molecule has 0 aliphatic heterocycles. The van der Waals surface area contributed by atoms with E-state index in [0.717, 1.165) is 29.3 Å². The minimum atomic E-state index is -0.642. The molecule has 0 aliphatic rings. The van der Waals surface area contributed by atoms with Crippen LogP contribution in [0.5, 0.6) is 5.75 Å². The molecule has 3 aromatic rings. The van der Waals surface area contributed by atoms with Crippen molar-refractivity contribution in [3.8, 4) is 5.75 Å². The van der Waals surface area contributed by atoms with Gasteiger partial charge >= 0.3 is 0 Å². The Morgan fingerprint density at radius 3 is 2.63 bits per heavy atom. The van der Waals surface area contributed by atoms with Crippen LogP contribution in [0, 0.1) is 5.82 Å². The lowest BCUT2D eigenvalue weighted by Gasteiger charge is -2.17. The number of hydrogen-bond acceptors (Lipinski definition) is 3. The molecule has 0 radical (unpaired) electrons. The van der Waals surface area contributed by atoms with Crippen LogP contribution in [0.25, 0.3) is 10.9 Å². The van der Waals surface area contributed by atoms with E-state index >= 15 is 0 Å². The van der Waals surface area contributed by atoms with Gasteiger partial charge in [0.05, 0.1) is 6.61 Å². The van der Waals surface area contributed by atoms with E-state index in [2.05, 4.69) is 15.6 Å². The predicted molar refractivity (Wildman–Crippen MR) is 114 cm³/mol. The first-order chi connectivity index (χ1) is 14.5. The minimum absolute atomic E-state index is 0.213. The number of fused-ring (bicyclic) bond motifs is 1. The highest BCUT2D eigenvalue weighted by Gasteiger charge is 2.21. The van der Waals surface area contributed by atoms with E-state index in [1.807, 2.05) is 30.5 Å². The molecule has 6 nitrogen and oxygen atoms in total. The molecule has 158 valence electrons. The molecule has 0 bridgehead atoms. The lowest BCUT2D eigenvalue weighted by molar-refractivity contribution is -0.128. The van der Waals surface area contributed by atoms with E-state index in [-0.39, 0.29) is 17.6 Å². The summed E-state index contributed by atoms with van der Waals surface area (Å²) in [6.45, 7) is 2.36. The van der Waals surface area contributed by atoms with Gasteiger partial charge in [-0.15, -0.1) is 0 Å². The van der Waals surface area contributed by atoms with E-state index in [1.54, 1.807) is 12.1 Å². The molecular formula is C23H26FN3O3. The zero-order valence-electron chi connectivity index (χ0n) is 16.9. The Labute approximate surface area is 174 Å². The van der Waals surface area contributed by atoms with Crippen molar-refractivity contribution in [1.82, 2.24) is 15.6 Å². The summed E-state index contributed by atoms with van der Waals surface area (Å²) in [5.41, 5.74) is 1.97. The van der Waals surface area contributed by atoms with E-state index in [0.29, 0.717) is 25.3 Å². The van der Waals surface area contributed by atoms with Gasteiger partial charge in [-0.25, -0.2) is 4.39 Å². The molecule has 30 heavy (non-hydrogen) atoms. The molecule has 1 atom stereocenters. The summed E-state index contributed by atoms with van der Waals surface area (Å²) in [6, 6.07) is 13.1. The van der Waals surface area contributed by atoms with Gasteiger partial charge in [0.25, 0.3) is 0 Å². The SMILES string of the molecule is CC(=O)NC(Cc1c[nH]c2ccccc12)C(=O)NCCCCOc1ccc(F)cc1. The van der Waals surface area contributed by atoms with E-state index in [9.17, 15) is 14.0 Å². The number of H-pyrrole nitrogens is 1. The summed E-state index contributed by atoms with van der Waals surface area (Å²) in [6.07, 6.45) is 3.75. The number of carbonyl (C=O) groups is 2. The Morgan fingerprint density at radius 2 is 1.87 bits per heavy atom. The third-order valence-electron chi connectivity index (χ3n) is 4.75. The number of ether oxygens (including phenoxy) is 1. The zero-order valence-corrected chi connectivity index (χ0v) is 16.9. The van der Waals surface area contributed by atoms with Crippen molar-refractivity contribution in [3.63, 3.8) is 0 Å². The normalized spacial score (nSPS) is 11.8. The van der Waals surface area contributed by atoms with Crippen molar-refractivity contribution >= 4 is 22.7 Å². The van der Waals surface area contributed by atoms with Gasteiger partial charge in [-0.3, -0.25) is 9.59 Å². The first-order valence-electron chi connectivity index (χ1n) is 10.0. The molecule has 1 unspecified atom stereocenters. The van der Waals surface area contributed by atoms with E-state index < -0.39 is 6.04 Å². The molecule has 3 N–H and O–H groups in total. The number of hydrogen-bond donors (Lipinski definition) is 3. The second-order valence-electron chi connectivity index (χ2n) is 7.12. The summed E-state index contributed by atoms with van der Waals surface area (Å²) >= 11 is 0. The quantitative estimate of drug-likeness (QED) is 0.448. The maximum absolute atomic E-state index is 12.9. The van der Waals surface area contributed by atoms with Gasteiger partial charge in [0.1, 0.15) is 17.6 Å². The Morgan fingerprint density at radius 1 is 1.10 bits per heavy atom. The number of rotatable bonds is 10. The fourth-order valence-electron chi connectivity index (χ4n) is 3.26. The third-order valence-corrected chi connectivity index (χ3v) is 4.75. The highest BCUT2D eigenvalue weighted by atomic mass is 19.1. The number of para-hydroxylation sites is 1. The Kier molecular flexibility index (Phi) is 7.43. The number of aromatic nitrogens is 1. The minimum Gasteiger partial charge on any atom is -0.494 e. The fraction of sp³-hybridized carbons (Fsp3) is 0.304. The van der Waals surface area contributed by atoms with Crippen LogP contribution in [0.1, 0.15) is 25.3 Å². The summed E-state index contributed by atoms with van der Waals surface area (Å²) in [5, 5.41) is 6.67. The molecule has 1 heterocycles. The second-order valence-corrected chi connectivity index (χ2v) is 7.12. The number of carbonyl (C=O) groups excluding carboxylic acids is 2. The molecule has 0 saturated heterocycles. The molecule has 2 aromatic carbocycles. The molecule has 2 amide bonds. The molecule has 1 aromatic heterocycles. The van der Waals surface area contributed by atoms with Gasteiger partial charge < -0.3 is 20.4 Å². The van der Waals surface area contributed by atoms with Crippen molar-refractivity contribution in [2.75, 3.05) is 13.2 Å². The van der Waals surface area contributed by atoms with Crippen molar-refractivity contribution in [3.05, 3.63) is 66.1 Å². The third kappa shape index (κ3) is 6.07. The highest BCUT2D eigenvalue weighted by molar-refractivity contribution is 5.89. The maximum Gasteiger partial charge on any atom is 0.242 e. The van der Waals surface area contributed by atoms with Crippen LogP contribution in [-0.4, -0.2) is 36.0 Å². The first-order valence-corrected chi connectivity index (χ1v) is 10.0. The van der Waals surface area contributed by atoms with Crippen LogP contribution < -0.4 is 15.4 Å². The van der Waals surface area contributed by atoms with Gasteiger partial charge in [-0.2, -0.15) is 0 Å².